The molecule has 1 atom stereocenters. The molecule has 0 aromatic rings. The molecule has 70 valence electrons. The van der Waals surface area contributed by atoms with E-state index in [0.29, 0.717) is 5.41 Å². The Labute approximate surface area is 79.7 Å². The van der Waals surface area contributed by atoms with Gasteiger partial charge in [0.05, 0.1) is 5.37 Å². The van der Waals surface area contributed by atoms with Gasteiger partial charge in [-0.15, -0.1) is 11.8 Å². The number of hydrogen-bond donors (Lipinski definition) is 1. The maximum Gasteiger partial charge on any atom is 0.0587 e. The average Bonchev–Trinajstić information content (AvgIpc) is 2.58. The predicted octanol–water partition coefficient (Wildman–Crippen LogP) is 2.62. The summed E-state index contributed by atoms with van der Waals surface area (Å²) in [5.74, 6) is 1.32. The molecule has 1 N–H and O–H groups in total. The minimum absolute atomic E-state index is 0.611. The molecule has 2 aliphatic rings. The molecule has 1 saturated carbocycles. The lowest BCUT2D eigenvalue weighted by atomic mass is 9.75. The number of nitrogens with one attached hydrogen (secondary N) is 1. The van der Waals surface area contributed by atoms with E-state index in [1.807, 2.05) is 0 Å². The van der Waals surface area contributed by atoms with Crippen molar-refractivity contribution >= 4 is 11.8 Å². The van der Waals surface area contributed by atoms with Crippen molar-refractivity contribution in [2.45, 2.75) is 44.4 Å². The van der Waals surface area contributed by atoms with Crippen LogP contribution in [0.25, 0.3) is 0 Å². The van der Waals surface area contributed by atoms with Crippen LogP contribution in [0.3, 0.4) is 0 Å². The predicted molar refractivity (Wildman–Crippen MR) is 55.4 cm³/mol. The molecule has 0 aromatic carbocycles. The lowest BCUT2D eigenvalue weighted by molar-refractivity contribution is 0.196. The maximum atomic E-state index is 3.63. The first-order valence-corrected chi connectivity index (χ1v) is 6.21. The van der Waals surface area contributed by atoms with Crippen molar-refractivity contribution in [3.63, 3.8) is 0 Å². The van der Waals surface area contributed by atoms with Crippen LogP contribution < -0.4 is 5.32 Å². The van der Waals surface area contributed by atoms with E-state index in [1.54, 1.807) is 0 Å². The van der Waals surface area contributed by atoms with Gasteiger partial charge < -0.3 is 5.32 Å². The van der Waals surface area contributed by atoms with E-state index in [0.717, 1.165) is 5.37 Å². The van der Waals surface area contributed by atoms with Crippen LogP contribution in [-0.2, 0) is 0 Å². The van der Waals surface area contributed by atoms with Crippen LogP contribution in [0.15, 0.2) is 0 Å². The highest BCUT2D eigenvalue weighted by atomic mass is 32.2. The third kappa shape index (κ3) is 1.64. The molecule has 0 bridgehead atoms. The molecule has 0 radical (unpaired) electrons. The van der Waals surface area contributed by atoms with E-state index in [4.69, 9.17) is 0 Å². The summed E-state index contributed by atoms with van der Waals surface area (Å²) in [5.41, 5.74) is 0.611. The van der Waals surface area contributed by atoms with Crippen LogP contribution in [0, 0.1) is 5.41 Å². The molecule has 2 rings (SSSR count). The van der Waals surface area contributed by atoms with Gasteiger partial charge >= 0.3 is 0 Å². The smallest absolute Gasteiger partial charge is 0.0587 e. The van der Waals surface area contributed by atoms with Crippen molar-refractivity contribution in [1.82, 2.24) is 5.32 Å². The quantitative estimate of drug-likeness (QED) is 0.674. The lowest BCUT2D eigenvalue weighted by Crippen LogP contribution is -2.39. The van der Waals surface area contributed by atoms with Crippen LogP contribution >= 0.6 is 11.8 Å². The van der Waals surface area contributed by atoms with E-state index in [-0.39, 0.29) is 0 Å². The number of rotatable bonds is 1. The second-order valence-electron chi connectivity index (χ2n) is 4.42. The zero-order chi connectivity index (χ0) is 8.44. The average molecular weight is 185 g/mol. The third-order valence-electron chi connectivity index (χ3n) is 3.35. The van der Waals surface area contributed by atoms with Gasteiger partial charge in [0.25, 0.3) is 0 Å². The largest absolute Gasteiger partial charge is 0.304 e. The lowest BCUT2D eigenvalue weighted by Gasteiger charge is -2.38. The fourth-order valence-corrected chi connectivity index (χ4v) is 3.84. The first-order chi connectivity index (χ1) is 5.81. The van der Waals surface area contributed by atoms with Crippen LogP contribution in [0.4, 0.5) is 0 Å². The summed E-state index contributed by atoms with van der Waals surface area (Å²) in [6.45, 7) is 3.70. The Balaban J connectivity index is 1.97. The molecule has 1 nitrogen and oxygen atoms in total. The summed E-state index contributed by atoms with van der Waals surface area (Å²) in [5, 5.41) is 4.39. The van der Waals surface area contributed by atoms with E-state index in [9.17, 15) is 0 Å². The SMILES string of the molecule is CC1(C2NCCS2)CCCCC1. The molecule has 2 heteroatoms. The van der Waals surface area contributed by atoms with Gasteiger partial charge in [-0.2, -0.15) is 0 Å². The molecule has 1 saturated heterocycles. The van der Waals surface area contributed by atoms with Crippen molar-refractivity contribution in [3.05, 3.63) is 0 Å². The van der Waals surface area contributed by atoms with Crippen LogP contribution in [0.2, 0.25) is 0 Å². The molecule has 2 fully saturated rings. The number of hydrogen-bond acceptors (Lipinski definition) is 2. The van der Waals surface area contributed by atoms with Crippen molar-refractivity contribution in [2.24, 2.45) is 5.41 Å². The summed E-state index contributed by atoms with van der Waals surface area (Å²) >= 11 is 2.14. The van der Waals surface area contributed by atoms with Crippen LogP contribution in [0.1, 0.15) is 39.0 Å². The van der Waals surface area contributed by atoms with Gasteiger partial charge in [-0.05, 0) is 18.3 Å². The molecular formula is C10H19NS. The van der Waals surface area contributed by atoms with Crippen LogP contribution in [0.5, 0.6) is 0 Å². The topological polar surface area (TPSA) is 12.0 Å². The summed E-state index contributed by atoms with van der Waals surface area (Å²) in [7, 11) is 0. The Hall–Kier alpha value is 0.310. The first kappa shape index (κ1) is 8.89. The molecule has 0 amide bonds. The maximum absolute atomic E-state index is 3.63. The highest BCUT2D eigenvalue weighted by molar-refractivity contribution is 8.00. The normalized spacial score (nSPS) is 35.2. The highest BCUT2D eigenvalue weighted by Gasteiger charge is 2.37. The van der Waals surface area contributed by atoms with E-state index in [2.05, 4.69) is 24.0 Å². The standard InChI is InChI=1S/C10H19NS/c1-10(5-3-2-4-6-10)9-11-7-8-12-9/h9,11H,2-8H2,1H3. The fourth-order valence-electron chi connectivity index (χ4n) is 2.49. The highest BCUT2D eigenvalue weighted by Crippen LogP contribution is 2.43. The molecule has 1 aliphatic heterocycles. The molecule has 0 spiro atoms. The zero-order valence-electron chi connectivity index (χ0n) is 7.94. The van der Waals surface area contributed by atoms with Gasteiger partial charge in [-0.25, -0.2) is 0 Å². The van der Waals surface area contributed by atoms with E-state index >= 15 is 0 Å². The molecule has 1 aliphatic carbocycles. The van der Waals surface area contributed by atoms with Gasteiger partial charge in [0.1, 0.15) is 0 Å². The Morgan fingerprint density at radius 2 is 2.00 bits per heavy atom. The van der Waals surface area contributed by atoms with Crippen molar-refractivity contribution in [1.29, 1.82) is 0 Å². The summed E-state index contributed by atoms with van der Waals surface area (Å²) in [6.07, 6.45) is 7.26. The zero-order valence-corrected chi connectivity index (χ0v) is 8.75. The van der Waals surface area contributed by atoms with E-state index in [1.165, 1.54) is 44.4 Å². The van der Waals surface area contributed by atoms with Gasteiger partial charge in [0.2, 0.25) is 0 Å². The van der Waals surface area contributed by atoms with Gasteiger partial charge in [-0.3, -0.25) is 0 Å². The molecule has 0 aromatic heterocycles. The van der Waals surface area contributed by atoms with Gasteiger partial charge in [0, 0.05) is 12.3 Å². The summed E-state index contributed by atoms with van der Waals surface area (Å²) in [6, 6.07) is 0. The minimum atomic E-state index is 0.611. The Bertz CT molecular complexity index is 146. The first-order valence-electron chi connectivity index (χ1n) is 5.16. The molecule has 12 heavy (non-hydrogen) atoms. The minimum Gasteiger partial charge on any atom is -0.304 e. The molecule has 1 heterocycles. The van der Waals surface area contributed by atoms with E-state index < -0.39 is 0 Å². The molecule has 1 unspecified atom stereocenters. The Kier molecular flexibility index (Phi) is 2.66. The summed E-state index contributed by atoms with van der Waals surface area (Å²) in [4.78, 5) is 0. The fraction of sp³-hybridized carbons (Fsp3) is 1.00. The second-order valence-corrected chi connectivity index (χ2v) is 5.63. The Morgan fingerprint density at radius 3 is 2.58 bits per heavy atom. The summed E-state index contributed by atoms with van der Waals surface area (Å²) < 4.78 is 0. The van der Waals surface area contributed by atoms with Gasteiger partial charge in [0.15, 0.2) is 0 Å². The van der Waals surface area contributed by atoms with Crippen LogP contribution in [-0.4, -0.2) is 17.7 Å². The molecular weight excluding hydrogens is 166 g/mol. The monoisotopic (exact) mass is 185 g/mol. The Morgan fingerprint density at radius 1 is 1.25 bits per heavy atom. The third-order valence-corrected chi connectivity index (χ3v) is 4.85. The van der Waals surface area contributed by atoms with Crippen molar-refractivity contribution in [3.8, 4) is 0 Å². The van der Waals surface area contributed by atoms with Crippen molar-refractivity contribution < 1.29 is 0 Å². The van der Waals surface area contributed by atoms with Crippen molar-refractivity contribution in [2.75, 3.05) is 12.3 Å². The second kappa shape index (κ2) is 3.59. The number of thioether (sulfide) groups is 1. The van der Waals surface area contributed by atoms with Gasteiger partial charge in [-0.1, -0.05) is 26.2 Å².